The van der Waals surface area contributed by atoms with Gasteiger partial charge in [0.25, 0.3) is 0 Å². The number of aromatic hydroxyl groups is 1. The first-order chi connectivity index (χ1) is 16.4. The number of guanidine groups is 1. The number of anilines is 2. The van der Waals surface area contributed by atoms with E-state index in [0.717, 1.165) is 17.0 Å². The molecule has 0 aliphatic carbocycles. The van der Waals surface area contributed by atoms with Crippen LogP contribution >= 0.6 is 12.2 Å². The zero-order valence-corrected chi connectivity index (χ0v) is 20.4. The van der Waals surface area contributed by atoms with Crippen molar-refractivity contribution >= 4 is 34.9 Å². The first kappa shape index (κ1) is 24.7. The zero-order valence-electron chi connectivity index (χ0n) is 19.5. The minimum atomic E-state index is 0.230. The Morgan fingerprint density at radius 1 is 0.971 bits per heavy atom. The smallest absolute Gasteiger partial charge is 0.229 e. The molecule has 0 aliphatic rings. The first-order valence-corrected chi connectivity index (χ1v) is 11.0. The second-order valence-electron chi connectivity index (χ2n) is 7.39. The standard InChI is InChI=1S/C24H28N6O3S/c1-15-13-16(2)27-23(26-15)29-22(25-12-11-17-5-7-18(31)8-6-17)30-24(34)28-20-10-9-19(32-3)14-21(20)33-4/h5-10,13-14,31H,11-12H2,1-4H3,(H3,25,26,27,28,29,30,34). The third-order valence-corrected chi connectivity index (χ3v) is 4.91. The number of hydrogen-bond donors (Lipinski definition) is 4. The highest BCUT2D eigenvalue weighted by atomic mass is 32.1. The van der Waals surface area contributed by atoms with Crippen LogP contribution in [0.25, 0.3) is 0 Å². The molecule has 0 amide bonds. The third kappa shape index (κ3) is 7.31. The van der Waals surface area contributed by atoms with Gasteiger partial charge in [-0.25, -0.2) is 9.97 Å². The summed E-state index contributed by atoms with van der Waals surface area (Å²) in [6.45, 7) is 4.27. The summed E-state index contributed by atoms with van der Waals surface area (Å²) in [5, 5.41) is 19.1. The molecule has 0 unspecified atom stereocenters. The highest BCUT2D eigenvalue weighted by Gasteiger charge is 2.10. The Balaban J connectivity index is 1.75. The lowest BCUT2D eigenvalue weighted by Gasteiger charge is -2.16. The van der Waals surface area contributed by atoms with Crippen LogP contribution in [0.3, 0.4) is 0 Å². The molecule has 34 heavy (non-hydrogen) atoms. The van der Waals surface area contributed by atoms with E-state index in [-0.39, 0.29) is 5.75 Å². The molecular weight excluding hydrogens is 452 g/mol. The largest absolute Gasteiger partial charge is 0.508 e. The van der Waals surface area contributed by atoms with Crippen LogP contribution in [0.5, 0.6) is 17.2 Å². The lowest BCUT2D eigenvalue weighted by atomic mass is 10.1. The molecule has 2 aromatic carbocycles. The van der Waals surface area contributed by atoms with Crippen LogP contribution < -0.4 is 25.4 Å². The molecule has 0 bridgehead atoms. The molecule has 3 aromatic rings. The summed E-state index contributed by atoms with van der Waals surface area (Å²) in [7, 11) is 3.17. The monoisotopic (exact) mass is 480 g/mol. The maximum atomic E-state index is 9.47. The molecule has 0 saturated heterocycles. The minimum absolute atomic E-state index is 0.230. The Kier molecular flexibility index (Phi) is 8.58. The summed E-state index contributed by atoms with van der Waals surface area (Å²) in [5.41, 5.74) is 3.39. The van der Waals surface area contributed by atoms with Crippen molar-refractivity contribution in [2.45, 2.75) is 20.3 Å². The Morgan fingerprint density at radius 3 is 2.32 bits per heavy atom. The number of phenols is 1. The van der Waals surface area contributed by atoms with Gasteiger partial charge in [-0.2, -0.15) is 0 Å². The van der Waals surface area contributed by atoms with Crippen molar-refractivity contribution in [1.82, 2.24) is 15.3 Å². The second kappa shape index (κ2) is 11.8. The maximum absolute atomic E-state index is 9.47. The molecule has 1 aromatic heterocycles. The number of nitrogens with zero attached hydrogens (tertiary/aromatic N) is 3. The number of rotatable bonds is 7. The SMILES string of the molecule is COc1ccc(NC(=S)NC(=NCCc2ccc(O)cc2)Nc2nc(C)cc(C)n2)c(OC)c1. The number of benzene rings is 2. The quantitative estimate of drug-likeness (QED) is 0.228. The number of hydrogen-bond acceptors (Lipinski definition) is 7. The van der Waals surface area contributed by atoms with Gasteiger partial charge in [0, 0.05) is 24.0 Å². The van der Waals surface area contributed by atoms with Crippen LogP contribution in [0.2, 0.25) is 0 Å². The van der Waals surface area contributed by atoms with Crippen LogP contribution in [-0.4, -0.2) is 46.9 Å². The number of aromatic nitrogens is 2. The summed E-state index contributed by atoms with van der Waals surface area (Å²) in [4.78, 5) is 13.5. The molecule has 0 fully saturated rings. The molecule has 0 radical (unpaired) electrons. The summed E-state index contributed by atoms with van der Waals surface area (Å²) < 4.78 is 10.7. The second-order valence-corrected chi connectivity index (χ2v) is 7.80. The molecule has 178 valence electrons. The van der Waals surface area contributed by atoms with E-state index >= 15 is 0 Å². The predicted octanol–water partition coefficient (Wildman–Crippen LogP) is 3.81. The van der Waals surface area contributed by atoms with Crippen molar-refractivity contribution in [3.05, 3.63) is 65.5 Å². The van der Waals surface area contributed by atoms with Crippen LogP contribution in [-0.2, 0) is 6.42 Å². The number of ether oxygens (including phenoxy) is 2. The molecule has 0 aliphatic heterocycles. The fourth-order valence-corrected chi connectivity index (χ4v) is 3.33. The zero-order chi connectivity index (χ0) is 24.5. The summed E-state index contributed by atoms with van der Waals surface area (Å²) in [5.74, 6) is 2.30. The summed E-state index contributed by atoms with van der Waals surface area (Å²) >= 11 is 5.51. The van der Waals surface area contributed by atoms with Crippen LogP contribution in [0, 0.1) is 13.8 Å². The Morgan fingerprint density at radius 2 is 1.68 bits per heavy atom. The average Bonchev–Trinajstić information content (AvgIpc) is 2.79. The van der Waals surface area contributed by atoms with Crippen LogP contribution in [0.4, 0.5) is 11.6 Å². The molecule has 4 N–H and O–H groups in total. The van der Waals surface area contributed by atoms with Gasteiger partial charge in [0.05, 0.1) is 19.9 Å². The third-order valence-electron chi connectivity index (χ3n) is 4.71. The minimum Gasteiger partial charge on any atom is -0.508 e. The van der Waals surface area contributed by atoms with Gasteiger partial charge in [-0.05, 0) is 68.4 Å². The number of nitrogens with one attached hydrogen (secondary N) is 3. The summed E-state index contributed by atoms with van der Waals surface area (Å²) in [6, 6.07) is 14.3. The highest BCUT2D eigenvalue weighted by Crippen LogP contribution is 2.28. The molecule has 10 heteroatoms. The molecule has 3 rings (SSSR count). The van der Waals surface area contributed by atoms with Gasteiger partial charge in [0.15, 0.2) is 5.11 Å². The molecule has 1 heterocycles. The number of aliphatic imine (C=N–C) groups is 1. The van der Waals surface area contributed by atoms with Gasteiger partial charge in [0.1, 0.15) is 17.2 Å². The lowest BCUT2D eigenvalue weighted by molar-refractivity contribution is 0.395. The molecule has 0 atom stereocenters. The van der Waals surface area contributed by atoms with E-state index in [4.69, 9.17) is 21.7 Å². The van der Waals surface area contributed by atoms with E-state index in [9.17, 15) is 5.11 Å². The van der Waals surface area contributed by atoms with Crippen LogP contribution in [0.1, 0.15) is 17.0 Å². The van der Waals surface area contributed by atoms with Crippen molar-refractivity contribution in [3.8, 4) is 17.2 Å². The van der Waals surface area contributed by atoms with Crippen molar-refractivity contribution in [2.75, 3.05) is 31.4 Å². The van der Waals surface area contributed by atoms with E-state index in [2.05, 4.69) is 30.9 Å². The van der Waals surface area contributed by atoms with Crippen molar-refractivity contribution in [3.63, 3.8) is 0 Å². The first-order valence-electron chi connectivity index (χ1n) is 10.6. The topological polar surface area (TPSA) is 113 Å². The fraction of sp³-hybridized carbons (Fsp3) is 0.250. The number of thiocarbonyl (C=S) groups is 1. The van der Waals surface area contributed by atoms with Gasteiger partial charge in [-0.3, -0.25) is 10.3 Å². The van der Waals surface area contributed by atoms with E-state index in [1.54, 1.807) is 32.4 Å². The van der Waals surface area contributed by atoms with Gasteiger partial charge in [0.2, 0.25) is 11.9 Å². The van der Waals surface area contributed by atoms with Gasteiger partial charge in [-0.15, -0.1) is 0 Å². The lowest BCUT2D eigenvalue weighted by Crippen LogP contribution is -2.39. The number of phenolic OH excluding ortho intramolecular Hbond substituents is 1. The predicted molar refractivity (Wildman–Crippen MR) is 138 cm³/mol. The fourth-order valence-electron chi connectivity index (χ4n) is 3.12. The van der Waals surface area contributed by atoms with Crippen LogP contribution in [0.15, 0.2) is 53.5 Å². The summed E-state index contributed by atoms with van der Waals surface area (Å²) in [6.07, 6.45) is 0.674. The number of aryl methyl sites for hydroxylation is 2. The Bertz CT molecular complexity index is 1150. The average molecular weight is 481 g/mol. The molecule has 0 saturated carbocycles. The van der Waals surface area contributed by atoms with Gasteiger partial charge in [-0.1, -0.05) is 12.1 Å². The van der Waals surface area contributed by atoms with E-state index in [1.165, 1.54) is 0 Å². The maximum Gasteiger partial charge on any atom is 0.229 e. The van der Waals surface area contributed by atoms with E-state index < -0.39 is 0 Å². The molecule has 9 nitrogen and oxygen atoms in total. The van der Waals surface area contributed by atoms with Gasteiger partial charge >= 0.3 is 0 Å². The highest BCUT2D eigenvalue weighted by molar-refractivity contribution is 7.80. The van der Waals surface area contributed by atoms with Crippen molar-refractivity contribution in [2.24, 2.45) is 4.99 Å². The van der Waals surface area contributed by atoms with Crippen molar-refractivity contribution in [1.29, 1.82) is 0 Å². The Labute approximate surface area is 204 Å². The normalized spacial score (nSPS) is 11.0. The van der Waals surface area contributed by atoms with E-state index in [0.29, 0.717) is 47.2 Å². The molecule has 0 spiro atoms. The Hall–Kier alpha value is -3.92. The van der Waals surface area contributed by atoms with E-state index in [1.807, 2.05) is 44.2 Å². The van der Waals surface area contributed by atoms with Crippen molar-refractivity contribution < 1.29 is 14.6 Å². The number of methoxy groups -OCH3 is 2. The molecular formula is C24H28N6O3S. The van der Waals surface area contributed by atoms with Gasteiger partial charge < -0.3 is 25.2 Å².